The first-order valence-electron chi connectivity index (χ1n) is 11.3. The number of nitrogens with zero attached hydrogens (tertiary/aromatic N) is 2. The van der Waals surface area contributed by atoms with Crippen LogP contribution in [-0.2, 0) is 16.0 Å². The van der Waals surface area contributed by atoms with Gasteiger partial charge in [0.15, 0.2) is 5.82 Å². The number of carbonyl (C=O) groups is 2. The summed E-state index contributed by atoms with van der Waals surface area (Å²) in [4.78, 5) is 29.2. The van der Waals surface area contributed by atoms with E-state index in [4.69, 9.17) is 16.1 Å². The number of nitrogens with one attached hydrogen (secondary N) is 1. The summed E-state index contributed by atoms with van der Waals surface area (Å²) in [6.45, 7) is 5.88. The van der Waals surface area contributed by atoms with Crippen molar-refractivity contribution in [3.8, 4) is 11.5 Å². The quantitative estimate of drug-likeness (QED) is 0.382. The number of carbonyl (C=O) groups excluding carboxylic acids is 1. The molecule has 1 amide bonds. The largest absolute Gasteiger partial charge is 0.481 e. The Balaban J connectivity index is 1.71. The Hall–Kier alpha value is -3.19. The first-order chi connectivity index (χ1) is 16.1. The molecule has 0 bridgehead atoms. The molecule has 34 heavy (non-hydrogen) atoms. The number of rotatable bonds is 10. The van der Waals surface area contributed by atoms with E-state index in [2.05, 4.69) is 15.5 Å². The number of benzene rings is 2. The Labute approximate surface area is 204 Å². The number of aliphatic carboxylic acids is 1. The van der Waals surface area contributed by atoms with Crippen LogP contribution >= 0.6 is 11.6 Å². The molecular formula is C26H30ClN3O4. The van der Waals surface area contributed by atoms with Crippen LogP contribution in [0.2, 0.25) is 5.02 Å². The normalized spacial score (nSPS) is 13.3. The summed E-state index contributed by atoms with van der Waals surface area (Å²) in [5.41, 5.74) is 1.45. The summed E-state index contributed by atoms with van der Waals surface area (Å²) in [6, 6.07) is 16.3. The van der Waals surface area contributed by atoms with Crippen LogP contribution in [0.4, 0.5) is 0 Å². The molecular weight excluding hydrogens is 454 g/mol. The topological polar surface area (TPSA) is 105 Å². The molecule has 0 radical (unpaired) electrons. The SMILES string of the molecule is CC(C)(C)C(NC(=O)C(CCCc1ccc(Cl)cc1)CC(=O)O)c1noc(-c2ccccc2)n1. The second kappa shape index (κ2) is 11.3. The van der Waals surface area contributed by atoms with E-state index in [1.54, 1.807) is 0 Å². The van der Waals surface area contributed by atoms with Crippen LogP contribution in [0.15, 0.2) is 59.1 Å². The minimum atomic E-state index is -1.01. The molecule has 0 saturated carbocycles. The molecule has 1 heterocycles. The molecule has 7 nitrogen and oxygen atoms in total. The fourth-order valence-electron chi connectivity index (χ4n) is 3.72. The summed E-state index contributed by atoms with van der Waals surface area (Å²) < 4.78 is 5.44. The van der Waals surface area contributed by atoms with Gasteiger partial charge < -0.3 is 14.9 Å². The number of halogens is 1. The lowest BCUT2D eigenvalue weighted by molar-refractivity contribution is -0.141. The van der Waals surface area contributed by atoms with E-state index >= 15 is 0 Å². The highest BCUT2D eigenvalue weighted by molar-refractivity contribution is 6.30. The van der Waals surface area contributed by atoms with Crippen molar-refractivity contribution in [2.45, 2.75) is 52.5 Å². The highest BCUT2D eigenvalue weighted by Crippen LogP contribution is 2.33. The van der Waals surface area contributed by atoms with E-state index in [0.29, 0.717) is 29.6 Å². The molecule has 0 aliphatic rings. The maximum Gasteiger partial charge on any atom is 0.304 e. The van der Waals surface area contributed by atoms with Crippen molar-refractivity contribution in [2.75, 3.05) is 0 Å². The van der Waals surface area contributed by atoms with Gasteiger partial charge in [-0.15, -0.1) is 0 Å². The number of carboxylic acid groups (broad SMARTS) is 1. The van der Waals surface area contributed by atoms with Crippen LogP contribution in [0.25, 0.3) is 11.5 Å². The molecule has 2 N–H and O–H groups in total. The summed E-state index contributed by atoms with van der Waals surface area (Å²) in [5.74, 6) is -1.29. The second-order valence-electron chi connectivity index (χ2n) is 9.44. The van der Waals surface area contributed by atoms with Gasteiger partial charge in [0, 0.05) is 16.5 Å². The van der Waals surface area contributed by atoms with Gasteiger partial charge in [0.25, 0.3) is 5.89 Å². The predicted molar refractivity (Wildman–Crippen MR) is 130 cm³/mol. The highest BCUT2D eigenvalue weighted by Gasteiger charge is 2.34. The monoisotopic (exact) mass is 483 g/mol. The first-order valence-corrected chi connectivity index (χ1v) is 11.7. The summed E-state index contributed by atoms with van der Waals surface area (Å²) >= 11 is 5.93. The van der Waals surface area contributed by atoms with Crippen molar-refractivity contribution in [1.82, 2.24) is 15.5 Å². The number of carboxylic acids is 1. The van der Waals surface area contributed by atoms with Gasteiger partial charge >= 0.3 is 5.97 Å². The van der Waals surface area contributed by atoms with Gasteiger partial charge in [0.05, 0.1) is 12.5 Å². The molecule has 1 aromatic heterocycles. The molecule has 0 spiro atoms. The molecule has 2 atom stereocenters. The Morgan fingerprint density at radius 1 is 1.09 bits per heavy atom. The minimum Gasteiger partial charge on any atom is -0.481 e. The fraction of sp³-hybridized carbons (Fsp3) is 0.385. The minimum absolute atomic E-state index is 0.245. The molecule has 0 saturated heterocycles. The Bertz CT molecular complexity index is 1090. The third kappa shape index (κ3) is 7.15. The predicted octanol–water partition coefficient (Wildman–Crippen LogP) is 5.71. The van der Waals surface area contributed by atoms with Crippen LogP contribution in [0.5, 0.6) is 0 Å². The molecule has 3 aromatic rings. The van der Waals surface area contributed by atoms with Gasteiger partial charge in [-0.1, -0.05) is 67.9 Å². The Kier molecular flexibility index (Phi) is 8.45. The highest BCUT2D eigenvalue weighted by atomic mass is 35.5. The fourth-order valence-corrected chi connectivity index (χ4v) is 3.84. The molecule has 2 unspecified atom stereocenters. The smallest absolute Gasteiger partial charge is 0.304 e. The van der Waals surface area contributed by atoms with Crippen LogP contribution in [0.3, 0.4) is 0 Å². The zero-order chi connectivity index (χ0) is 24.7. The van der Waals surface area contributed by atoms with Crippen molar-refractivity contribution >= 4 is 23.5 Å². The summed E-state index contributed by atoms with van der Waals surface area (Å²) in [6.07, 6.45) is 1.60. The van der Waals surface area contributed by atoms with Crippen molar-refractivity contribution in [2.24, 2.45) is 11.3 Å². The van der Waals surface area contributed by atoms with Crippen molar-refractivity contribution < 1.29 is 19.2 Å². The third-order valence-electron chi connectivity index (χ3n) is 5.60. The van der Waals surface area contributed by atoms with Crippen LogP contribution < -0.4 is 5.32 Å². The van der Waals surface area contributed by atoms with Crippen LogP contribution in [-0.4, -0.2) is 27.1 Å². The summed E-state index contributed by atoms with van der Waals surface area (Å²) in [5, 5.41) is 17.2. The van der Waals surface area contributed by atoms with Gasteiger partial charge in [0.2, 0.25) is 5.91 Å². The molecule has 180 valence electrons. The van der Waals surface area contributed by atoms with Gasteiger partial charge in [0.1, 0.15) is 0 Å². The number of amides is 1. The number of aryl methyl sites for hydroxylation is 1. The van der Waals surface area contributed by atoms with E-state index in [1.165, 1.54) is 0 Å². The first kappa shape index (κ1) is 25.4. The second-order valence-corrected chi connectivity index (χ2v) is 9.88. The molecule has 8 heteroatoms. The number of aromatic nitrogens is 2. The van der Waals surface area contributed by atoms with Gasteiger partial charge in [-0.3, -0.25) is 9.59 Å². The van der Waals surface area contributed by atoms with E-state index in [9.17, 15) is 14.7 Å². The van der Waals surface area contributed by atoms with Gasteiger partial charge in [-0.05, 0) is 54.5 Å². The van der Waals surface area contributed by atoms with Gasteiger partial charge in [-0.2, -0.15) is 4.98 Å². The third-order valence-corrected chi connectivity index (χ3v) is 5.85. The van der Waals surface area contributed by atoms with E-state index in [1.807, 2.05) is 75.4 Å². The Morgan fingerprint density at radius 3 is 2.38 bits per heavy atom. The molecule has 2 aromatic carbocycles. The lowest BCUT2D eigenvalue weighted by Crippen LogP contribution is -2.41. The molecule has 0 aliphatic carbocycles. The number of hydrogen-bond donors (Lipinski definition) is 2. The lowest BCUT2D eigenvalue weighted by atomic mass is 9.85. The zero-order valence-corrected chi connectivity index (χ0v) is 20.4. The van der Waals surface area contributed by atoms with Crippen molar-refractivity contribution in [1.29, 1.82) is 0 Å². The zero-order valence-electron chi connectivity index (χ0n) is 19.6. The van der Waals surface area contributed by atoms with Crippen molar-refractivity contribution in [3.05, 3.63) is 71.0 Å². The van der Waals surface area contributed by atoms with E-state index < -0.39 is 23.3 Å². The average molecular weight is 484 g/mol. The maximum absolute atomic E-state index is 13.2. The molecule has 3 rings (SSSR count). The molecule has 0 aliphatic heterocycles. The number of hydrogen-bond acceptors (Lipinski definition) is 5. The Morgan fingerprint density at radius 2 is 1.76 bits per heavy atom. The van der Waals surface area contributed by atoms with E-state index in [0.717, 1.165) is 17.5 Å². The standard InChI is InChI=1S/C26H30ClN3O4/c1-26(2,3)22(23-29-25(34-30-23)18-9-5-4-6-10-18)28-24(33)19(16-21(31)32)11-7-8-17-12-14-20(27)15-13-17/h4-6,9-10,12-15,19,22H,7-8,11,16H2,1-3H3,(H,28,33)(H,31,32). The van der Waals surface area contributed by atoms with Crippen LogP contribution in [0, 0.1) is 11.3 Å². The lowest BCUT2D eigenvalue weighted by Gasteiger charge is -2.30. The maximum atomic E-state index is 13.2. The molecule has 0 fully saturated rings. The van der Waals surface area contributed by atoms with E-state index in [-0.39, 0.29) is 12.3 Å². The van der Waals surface area contributed by atoms with Gasteiger partial charge in [-0.25, -0.2) is 0 Å². The summed E-state index contributed by atoms with van der Waals surface area (Å²) in [7, 11) is 0. The van der Waals surface area contributed by atoms with Crippen LogP contribution in [0.1, 0.15) is 57.5 Å². The average Bonchev–Trinajstić information content (AvgIpc) is 3.27. The van der Waals surface area contributed by atoms with Crippen molar-refractivity contribution in [3.63, 3.8) is 0 Å².